The molecule has 7 heteroatoms. The highest BCUT2D eigenvalue weighted by Gasteiger charge is 2.20. The number of carbonyl (C=O) groups is 2. The minimum Gasteiger partial charge on any atom is -0.489 e. The summed E-state index contributed by atoms with van der Waals surface area (Å²) in [5.74, 6) is 0.316. The van der Waals surface area contributed by atoms with Crippen LogP contribution in [0, 0.1) is 0 Å². The number of aromatic carboxylic acids is 1. The number of alkyl halides is 1. The molecule has 44 heavy (non-hydrogen) atoms. The van der Waals surface area contributed by atoms with Gasteiger partial charge in [-0.15, -0.1) is 0 Å². The van der Waals surface area contributed by atoms with Gasteiger partial charge in [0.15, 0.2) is 0 Å². The molecule has 6 nitrogen and oxygen atoms in total. The van der Waals surface area contributed by atoms with Gasteiger partial charge in [0, 0.05) is 5.56 Å². The highest BCUT2D eigenvalue weighted by atomic mass is 19.1. The van der Waals surface area contributed by atoms with Gasteiger partial charge in [0.2, 0.25) is 0 Å². The van der Waals surface area contributed by atoms with Gasteiger partial charge in [0.25, 0.3) is 5.91 Å². The molecule has 5 rings (SSSR count). The van der Waals surface area contributed by atoms with Crippen LogP contribution in [-0.4, -0.2) is 17.0 Å². The summed E-state index contributed by atoms with van der Waals surface area (Å²) < 4.78 is 24.6. The summed E-state index contributed by atoms with van der Waals surface area (Å²) in [7, 11) is 0. The molecule has 0 fully saturated rings. The van der Waals surface area contributed by atoms with Gasteiger partial charge in [0.05, 0.1) is 11.3 Å². The van der Waals surface area contributed by atoms with E-state index in [1.54, 1.807) is 60.7 Å². The first-order valence-electron chi connectivity index (χ1n) is 14.2. The molecule has 5 aromatic rings. The first-order chi connectivity index (χ1) is 21.3. The predicted molar refractivity (Wildman–Crippen MR) is 169 cm³/mol. The number of ether oxygens (including phenoxy) is 2. The van der Waals surface area contributed by atoms with Crippen molar-refractivity contribution < 1.29 is 28.6 Å². The number of carboxylic acid groups (broad SMARTS) is 1. The maximum atomic E-state index is 13.2. The molecule has 0 aliphatic rings. The van der Waals surface area contributed by atoms with Gasteiger partial charge in [-0.1, -0.05) is 68.4 Å². The molecular weight excluding hydrogens is 557 g/mol. The third kappa shape index (κ3) is 7.31. The minimum atomic E-state index is -1.15. The molecule has 0 heterocycles. The van der Waals surface area contributed by atoms with E-state index in [4.69, 9.17) is 9.47 Å². The molecule has 222 valence electrons. The molecule has 0 saturated carbocycles. The number of para-hydroxylation sites is 1. The SMILES string of the molecule is CC(C)c1cc(NC(=O)c2ccc(Oc3ccccc3)cc2)c(C(=O)O)cc1-c1ccc(COc2cccc(CF)c2)cc1. The summed E-state index contributed by atoms with van der Waals surface area (Å²) in [6.45, 7) is 3.79. The van der Waals surface area contributed by atoms with Crippen molar-refractivity contribution in [3.63, 3.8) is 0 Å². The second kappa shape index (κ2) is 13.7. The molecular formula is C37H32FNO5. The zero-order chi connectivity index (χ0) is 31.1. The van der Waals surface area contributed by atoms with Crippen molar-refractivity contribution in [1.82, 2.24) is 0 Å². The minimum absolute atomic E-state index is 0.0121. The smallest absolute Gasteiger partial charge is 0.337 e. The second-order valence-electron chi connectivity index (χ2n) is 10.6. The maximum absolute atomic E-state index is 13.2. The molecule has 0 bridgehead atoms. The Morgan fingerprint density at radius 2 is 1.45 bits per heavy atom. The predicted octanol–water partition coefficient (Wildman–Crippen LogP) is 9.27. The van der Waals surface area contributed by atoms with E-state index in [1.807, 2.05) is 68.4 Å². The normalized spacial score (nSPS) is 10.8. The van der Waals surface area contributed by atoms with E-state index in [1.165, 1.54) is 0 Å². The second-order valence-corrected chi connectivity index (χ2v) is 10.6. The topological polar surface area (TPSA) is 84.9 Å². The van der Waals surface area contributed by atoms with Crippen molar-refractivity contribution in [3.05, 3.63) is 143 Å². The quantitative estimate of drug-likeness (QED) is 0.160. The van der Waals surface area contributed by atoms with Crippen LogP contribution in [0.25, 0.3) is 11.1 Å². The van der Waals surface area contributed by atoms with Gasteiger partial charge >= 0.3 is 5.97 Å². The van der Waals surface area contributed by atoms with Crippen LogP contribution in [0.3, 0.4) is 0 Å². The Hall–Kier alpha value is -5.43. The summed E-state index contributed by atoms with van der Waals surface area (Å²) in [4.78, 5) is 25.5. The number of hydrogen-bond donors (Lipinski definition) is 2. The monoisotopic (exact) mass is 589 g/mol. The van der Waals surface area contributed by atoms with Crippen LogP contribution in [0.1, 0.15) is 57.2 Å². The Kier molecular flexibility index (Phi) is 9.35. The first-order valence-corrected chi connectivity index (χ1v) is 14.2. The lowest BCUT2D eigenvalue weighted by atomic mass is 9.89. The van der Waals surface area contributed by atoms with Crippen molar-refractivity contribution in [1.29, 1.82) is 0 Å². The molecule has 0 spiro atoms. The fraction of sp³-hybridized carbons (Fsp3) is 0.135. The highest BCUT2D eigenvalue weighted by Crippen LogP contribution is 2.35. The van der Waals surface area contributed by atoms with Crippen molar-refractivity contribution in [2.24, 2.45) is 0 Å². The Morgan fingerprint density at radius 3 is 2.11 bits per heavy atom. The lowest BCUT2D eigenvalue weighted by Crippen LogP contribution is -2.15. The van der Waals surface area contributed by atoms with Gasteiger partial charge < -0.3 is 19.9 Å². The number of amides is 1. The van der Waals surface area contributed by atoms with Gasteiger partial charge in [0.1, 0.15) is 30.5 Å². The maximum Gasteiger partial charge on any atom is 0.337 e. The fourth-order valence-electron chi connectivity index (χ4n) is 4.78. The van der Waals surface area contributed by atoms with Gasteiger partial charge in [-0.25, -0.2) is 9.18 Å². The molecule has 0 radical (unpaired) electrons. The van der Waals surface area contributed by atoms with E-state index in [0.29, 0.717) is 35.0 Å². The number of anilines is 1. The van der Waals surface area contributed by atoms with Crippen LogP contribution in [-0.2, 0) is 13.3 Å². The number of carboxylic acids is 1. The van der Waals surface area contributed by atoms with Crippen molar-refractivity contribution in [2.45, 2.75) is 33.0 Å². The lowest BCUT2D eigenvalue weighted by molar-refractivity contribution is 0.0698. The van der Waals surface area contributed by atoms with Crippen LogP contribution in [0.2, 0.25) is 0 Å². The number of benzene rings is 5. The van der Waals surface area contributed by atoms with Gasteiger partial charge in [-0.2, -0.15) is 0 Å². The van der Waals surface area contributed by atoms with E-state index in [0.717, 1.165) is 22.3 Å². The molecule has 0 atom stereocenters. The molecule has 0 aliphatic carbocycles. The molecule has 5 aromatic carbocycles. The van der Waals surface area contributed by atoms with E-state index in [2.05, 4.69) is 5.32 Å². The molecule has 1 amide bonds. The van der Waals surface area contributed by atoms with Crippen LogP contribution < -0.4 is 14.8 Å². The van der Waals surface area contributed by atoms with E-state index in [-0.39, 0.29) is 17.2 Å². The summed E-state index contributed by atoms with van der Waals surface area (Å²) in [6, 6.07) is 33.9. The van der Waals surface area contributed by atoms with Crippen LogP contribution >= 0.6 is 0 Å². The van der Waals surface area contributed by atoms with Gasteiger partial charge in [-0.3, -0.25) is 4.79 Å². The summed E-state index contributed by atoms with van der Waals surface area (Å²) >= 11 is 0. The molecule has 2 N–H and O–H groups in total. The number of rotatable bonds is 11. The van der Waals surface area contributed by atoms with Crippen LogP contribution in [0.15, 0.2) is 115 Å². The molecule has 0 unspecified atom stereocenters. The zero-order valence-electron chi connectivity index (χ0n) is 24.4. The Labute approximate surface area is 255 Å². The third-order valence-electron chi connectivity index (χ3n) is 7.11. The lowest BCUT2D eigenvalue weighted by Gasteiger charge is -2.18. The highest BCUT2D eigenvalue weighted by molar-refractivity contribution is 6.08. The van der Waals surface area contributed by atoms with Crippen molar-refractivity contribution >= 4 is 17.6 Å². The molecule has 0 saturated heterocycles. The van der Waals surface area contributed by atoms with Crippen molar-refractivity contribution in [3.8, 4) is 28.4 Å². The van der Waals surface area contributed by atoms with Crippen LogP contribution in [0.5, 0.6) is 17.2 Å². The van der Waals surface area contributed by atoms with Gasteiger partial charge in [-0.05, 0) is 94.4 Å². The average molecular weight is 590 g/mol. The molecule has 0 aliphatic heterocycles. The fourth-order valence-corrected chi connectivity index (χ4v) is 4.78. The molecule has 0 aromatic heterocycles. The Balaban J connectivity index is 1.35. The average Bonchev–Trinajstić information content (AvgIpc) is 3.04. The zero-order valence-corrected chi connectivity index (χ0v) is 24.4. The van der Waals surface area contributed by atoms with E-state index >= 15 is 0 Å². The van der Waals surface area contributed by atoms with Crippen LogP contribution in [0.4, 0.5) is 10.1 Å². The summed E-state index contributed by atoms with van der Waals surface area (Å²) in [5.41, 5.74) is 4.54. The Bertz CT molecular complexity index is 1750. The first kappa shape index (κ1) is 30.0. The summed E-state index contributed by atoms with van der Waals surface area (Å²) in [5, 5.41) is 12.9. The van der Waals surface area contributed by atoms with Crippen molar-refractivity contribution in [2.75, 3.05) is 5.32 Å². The Morgan fingerprint density at radius 1 is 0.773 bits per heavy atom. The summed E-state index contributed by atoms with van der Waals surface area (Å²) in [6.07, 6.45) is 0. The van der Waals surface area contributed by atoms with E-state index < -0.39 is 18.6 Å². The number of hydrogen-bond acceptors (Lipinski definition) is 4. The van der Waals surface area contributed by atoms with E-state index in [9.17, 15) is 19.1 Å². The number of carbonyl (C=O) groups excluding carboxylic acids is 1. The number of nitrogens with one attached hydrogen (secondary N) is 1. The largest absolute Gasteiger partial charge is 0.489 e. The third-order valence-corrected chi connectivity index (χ3v) is 7.11. The standard InChI is InChI=1S/C37H32FNO5/c1-24(2)32-21-35(39-36(40)28-15-17-30(18-16-28)44-29-8-4-3-5-9-29)34(37(41)42)20-33(32)27-13-11-25(12-14-27)23-43-31-10-6-7-26(19-31)22-38/h3-21,24H,22-23H2,1-2H3,(H,39,40)(H,41,42). The number of halogens is 1.